The number of fused-ring (bicyclic) bond motifs is 1. The summed E-state index contributed by atoms with van der Waals surface area (Å²) >= 11 is 0. The Balaban J connectivity index is 1.81. The van der Waals surface area contributed by atoms with Crippen molar-refractivity contribution < 1.29 is 0 Å². The summed E-state index contributed by atoms with van der Waals surface area (Å²) < 4.78 is 0. The predicted octanol–water partition coefficient (Wildman–Crippen LogP) is 2.64. The van der Waals surface area contributed by atoms with Crippen LogP contribution in [0.15, 0.2) is 30.5 Å². The smallest absolute Gasteiger partial charge is 0.247 e. The number of nitrogens with zero attached hydrogens (tertiary/aromatic N) is 4. The molecule has 0 atom stereocenters. The van der Waals surface area contributed by atoms with Gasteiger partial charge in [-0.2, -0.15) is 10.1 Å². The minimum Gasteiger partial charge on any atom is -0.364 e. The highest BCUT2D eigenvalue weighted by atomic mass is 15.3. The average Bonchev–Trinajstić information content (AvgIpc) is 2.45. The van der Waals surface area contributed by atoms with Crippen LogP contribution in [0.5, 0.6) is 0 Å². The molecular weight excluding hydrogens is 262 g/mol. The Morgan fingerprint density at radius 3 is 2.67 bits per heavy atom. The van der Waals surface area contributed by atoms with Crippen molar-refractivity contribution in [1.82, 2.24) is 15.2 Å². The van der Waals surface area contributed by atoms with Crippen LogP contribution in [0.25, 0.3) is 0 Å². The van der Waals surface area contributed by atoms with E-state index in [0.29, 0.717) is 5.95 Å². The standard InChI is InChI=1S/C16H21N5/c1-16(2,3)19-14-10-17-20-15(18-14)21-9-8-12-6-4-5-7-13(12)11-21/h4-7,10H,8-9,11H2,1-3H3,(H,18,19,20). The van der Waals surface area contributed by atoms with E-state index in [4.69, 9.17) is 0 Å². The molecule has 21 heavy (non-hydrogen) atoms. The topological polar surface area (TPSA) is 53.9 Å². The van der Waals surface area contributed by atoms with Crippen molar-refractivity contribution >= 4 is 11.8 Å². The summed E-state index contributed by atoms with van der Waals surface area (Å²) in [4.78, 5) is 6.78. The number of rotatable bonds is 2. The zero-order chi connectivity index (χ0) is 14.9. The summed E-state index contributed by atoms with van der Waals surface area (Å²) in [6, 6.07) is 8.55. The van der Waals surface area contributed by atoms with Crippen molar-refractivity contribution in [3.05, 3.63) is 41.6 Å². The molecule has 3 rings (SSSR count). The number of hydrogen-bond donors (Lipinski definition) is 1. The van der Waals surface area contributed by atoms with Gasteiger partial charge in [0.2, 0.25) is 5.95 Å². The monoisotopic (exact) mass is 283 g/mol. The maximum Gasteiger partial charge on any atom is 0.247 e. The van der Waals surface area contributed by atoms with Crippen LogP contribution >= 0.6 is 0 Å². The fourth-order valence-electron chi connectivity index (χ4n) is 2.54. The Bertz CT molecular complexity index is 633. The van der Waals surface area contributed by atoms with Crippen LogP contribution in [-0.4, -0.2) is 27.3 Å². The molecule has 0 radical (unpaired) electrons. The quantitative estimate of drug-likeness (QED) is 0.918. The number of anilines is 2. The van der Waals surface area contributed by atoms with Gasteiger partial charge < -0.3 is 10.2 Å². The molecule has 0 spiro atoms. The highest BCUT2D eigenvalue weighted by Gasteiger charge is 2.19. The number of hydrogen-bond acceptors (Lipinski definition) is 5. The van der Waals surface area contributed by atoms with Gasteiger partial charge in [0.1, 0.15) is 0 Å². The molecule has 0 saturated heterocycles. The molecule has 110 valence electrons. The average molecular weight is 283 g/mol. The minimum atomic E-state index is -0.0399. The Morgan fingerprint density at radius 1 is 1.14 bits per heavy atom. The van der Waals surface area contributed by atoms with Gasteiger partial charge in [0.15, 0.2) is 5.82 Å². The Kier molecular flexibility index (Phi) is 3.49. The fourth-order valence-corrected chi connectivity index (χ4v) is 2.54. The van der Waals surface area contributed by atoms with Gasteiger partial charge in [-0.15, -0.1) is 5.10 Å². The molecule has 0 fully saturated rings. The third-order valence-corrected chi connectivity index (χ3v) is 3.46. The molecule has 1 N–H and O–H groups in total. The maximum absolute atomic E-state index is 4.60. The molecule has 1 aliphatic rings. The molecule has 0 bridgehead atoms. The first-order valence-electron chi connectivity index (χ1n) is 7.31. The Morgan fingerprint density at radius 2 is 1.90 bits per heavy atom. The van der Waals surface area contributed by atoms with E-state index < -0.39 is 0 Å². The molecule has 5 heteroatoms. The maximum atomic E-state index is 4.60. The third kappa shape index (κ3) is 3.29. The summed E-state index contributed by atoms with van der Waals surface area (Å²) in [6.45, 7) is 8.08. The van der Waals surface area contributed by atoms with Crippen molar-refractivity contribution in [2.75, 3.05) is 16.8 Å². The van der Waals surface area contributed by atoms with Gasteiger partial charge >= 0.3 is 0 Å². The molecule has 2 aromatic rings. The lowest BCUT2D eigenvalue weighted by atomic mass is 10.0. The van der Waals surface area contributed by atoms with Crippen LogP contribution in [-0.2, 0) is 13.0 Å². The third-order valence-electron chi connectivity index (χ3n) is 3.46. The van der Waals surface area contributed by atoms with Crippen LogP contribution in [0.1, 0.15) is 31.9 Å². The van der Waals surface area contributed by atoms with Crippen LogP contribution in [0.2, 0.25) is 0 Å². The summed E-state index contributed by atoms with van der Waals surface area (Å²) in [5, 5.41) is 11.6. The van der Waals surface area contributed by atoms with Gasteiger partial charge in [-0.25, -0.2) is 0 Å². The Labute approximate surface area is 125 Å². The van der Waals surface area contributed by atoms with E-state index in [0.717, 1.165) is 25.3 Å². The lowest BCUT2D eigenvalue weighted by Crippen LogP contribution is -2.33. The van der Waals surface area contributed by atoms with E-state index in [2.05, 4.69) is 70.4 Å². The van der Waals surface area contributed by atoms with Gasteiger partial charge in [0.25, 0.3) is 0 Å². The second kappa shape index (κ2) is 5.31. The summed E-state index contributed by atoms with van der Waals surface area (Å²) in [7, 11) is 0. The minimum absolute atomic E-state index is 0.0399. The largest absolute Gasteiger partial charge is 0.364 e. The van der Waals surface area contributed by atoms with Gasteiger partial charge in [-0.3, -0.25) is 0 Å². The van der Waals surface area contributed by atoms with Crippen molar-refractivity contribution in [1.29, 1.82) is 0 Å². The molecule has 2 heterocycles. The summed E-state index contributed by atoms with van der Waals surface area (Å²) in [6.07, 6.45) is 2.70. The second-order valence-electron chi connectivity index (χ2n) is 6.46. The second-order valence-corrected chi connectivity index (χ2v) is 6.46. The summed E-state index contributed by atoms with van der Waals surface area (Å²) in [5.41, 5.74) is 2.73. The molecule has 5 nitrogen and oxygen atoms in total. The van der Waals surface area contributed by atoms with Crippen LogP contribution in [0.3, 0.4) is 0 Å². The molecule has 1 aromatic heterocycles. The van der Waals surface area contributed by atoms with Crippen LogP contribution in [0, 0.1) is 0 Å². The lowest BCUT2D eigenvalue weighted by molar-refractivity contribution is 0.626. The predicted molar refractivity (Wildman–Crippen MR) is 84.4 cm³/mol. The zero-order valence-electron chi connectivity index (χ0n) is 12.8. The normalized spacial score (nSPS) is 14.7. The van der Waals surface area contributed by atoms with Gasteiger partial charge in [0, 0.05) is 18.6 Å². The molecule has 1 aliphatic heterocycles. The highest BCUT2D eigenvalue weighted by Crippen LogP contribution is 2.22. The van der Waals surface area contributed by atoms with Gasteiger partial charge in [0.05, 0.1) is 6.20 Å². The van der Waals surface area contributed by atoms with Gasteiger partial charge in [-0.05, 0) is 38.3 Å². The van der Waals surface area contributed by atoms with Gasteiger partial charge in [-0.1, -0.05) is 24.3 Å². The van der Waals surface area contributed by atoms with Crippen molar-refractivity contribution in [3.8, 4) is 0 Å². The van der Waals surface area contributed by atoms with E-state index in [-0.39, 0.29) is 5.54 Å². The SMILES string of the molecule is CC(C)(C)Nc1cnnc(N2CCc3ccccc3C2)n1. The number of benzene rings is 1. The molecule has 0 amide bonds. The zero-order valence-corrected chi connectivity index (χ0v) is 12.8. The molecule has 0 aliphatic carbocycles. The number of nitrogens with one attached hydrogen (secondary N) is 1. The van der Waals surface area contributed by atoms with E-state index in [9.17, 15) is 0 Å². The Hall–Kier alpha value is -2.17. The van der Waals surface area contributed by atoms with Crippen LogP contribution in [0.4, 0.5) is 11.8 Å². The molecule has 0 unspecified atom stereocenters. The van der Waals surface area contributed by atoms with E-state index >= 15 is 0 Å². The molecule has 0 saturated carbocycles. The first-order chi connectivity index (χ1) is 10.0. The fraction of sp³-hybridized carbons (Fsp3) is 0.438. The van der Waals surface area contributed by atoms with Crippen molar-refractivity contribution in [2.24, 2.45) is 0 Å². The number of aromatic nitrogens is 3. The first kappa shape index (κ1) is 13.8. The van der Waals surface area contributed by atoms with E-state index in [1.807, 2.05) is 0 Å². The first-order valence-corrected chi connectivity index (χ1v) is 7.31. The molecule has 1 aromatic carbocycles. The van der Waals surface area contributed by atoms with E-state index in [1.54, 1.807) is 6.20 Å². The van der Waals surface area contributed by atoms with Crippen molar-refractivity contribution in [3.63, 3.8) is 0 Å². The van der Waals surface area contributed by atoms with E-state index in [1.165, 1.54) is 11.1 Å². The highest BCUT2D eigenvalue weighted by molar-refractivity contribution is 5.43. The van der Waals surface area contributed by atoms with Crippen LogP contribution < -0.4 is 10.2 Å². The molecular formula is C16H21N5. The summed E-state index contributed by atoms with van der Waals surface area (Å²) in [5.74, 6) is 1.46. The van der Waals surface area contributed by atoms with Crippen molar-refractivity contribution in [2.45, 2.75) is 39.3 Å². The lowest BCUT2D eigenvalue weighted by Gasteiger charge is -2.29.